The number of benzene rings is 1. The molecule has 0 aromatic heterocycles. The molecule has 0 unspecified atom stereocenters. The minimum Gasteiger partial charge on any atom is -0.494 e. The van der Waals surface area contributed by atoms with E-state index in [1.165, 1.54) is 0 Å². The van der Waals surface area contributed by atoms with Crippen molar-refractivity contribution in [3.8, 4) is 5.75 Å². The first kappa shape index (κ1) is 14.0. The first-order valence-electron chi connectivity index (χ1n) is 5.95. The van der Waals surface area contributed by atoms with Gasteiger partial charge in [0.25, 0.3) is 0 Å². The Labute approximate surface area is 107 Å². The first-order chi connectivity index (χ1) is 8.67. The molecule has 5 heteroatoms. The van der Waals surface area contributed by atoms with Crippen LogP contribution in [0.5, 0.6) is 5.75 Å². The second-order valence-electron chi connectivity index (χ2n) is 3.62. The maximum absolute atomic E-state index is 11.3. The monoisotopic (exact) mass is 250 g/mol. The van der Waals surface area contributed by atoms with E-state index in [-0.39, 0.29) is 0 Å². The van der Waals surface area contributed by atoms with Gasteiger partial charge in [-0.2, -0.15) is 0 Å². The molecule has 0 saturated heterocycles. The standard InChI is InChI=1S/C13H18N2O3/c1-3-14-12(16)13(17)15-9-10-5-7-11(8-6-10)18-4-2/h5-8H,3-4,9H2,1-2H3,(H,14,16)(H,15,17). The van der Waals surface area contributed by atoms with Crippen molar-refractivity contribution in [2.75, 3.05) is 13.2 Å². The molecule has 0 saturated carbocycles. The molecule has 0 fully saturated rings. The molecule has 0 spiro atoms. The summed E-state index contributed by atoms with van der Waals surface area (Å²) in [7, 11) is 0. The normalized spacial score (nSPS) is 9.67. The van der Waals surface area contributed by atoms with Crippen LogP contribution in [0, 0.1) is 0 Å². The Kier molecular flexibility index (Phi) is 5.70. The lowest BCUT2D eigenvalue weighted by Crippen LogP contribution is -2.39. The second-order valence-corrected chi connectivity index (χ2v) is 3.62. The van der Waals surface area contributed by atoms with Gasteiger partial charge in [-0.05, 0) is 31.5 Å². The van der Waals surface area contributed by atoms with E-state index in [1.807, 2.05) is 31.2 Å². The Hall–Kier alpha value is -2.04. The van der Waals surface area contributed by atoms with Crippen molar-refractivity contribution in [2.45, 2.75) is 20.4 Å². The van der Waals surface area contributed by atoms with Gasteiger partial charge in [-0.15, -0.1) is 0 Å². The average Bonchev–Trinajstić information content (AvgIpc) is 2.38. The van der Waals surface area contributed by atoms with E-state index >= 15 is 0 Å². The summed E-state index contributed by atoms with van der Waals surface area (Å²) < 4.78 is 5.31. The van der Waals surface area contributed by atoms with Crippen molar-refractivity contribution >= 4 is 11.8 Å². The Morgan fingerprint density at radius 2 is 1.67 bits per heavy atom. The van der Waals surface area contributed by atoms with E-state index in [0.29, 0.717) is 19.7 Å². The number of amides is 2. The van der Waals surface area contributed by atoms with Crippen LogP contribution in [-0.4, -0.2) is 25.0 Å². The van der Waals surface area contributed by atoms with Crippen LogP contribution in [0.15, 0.2) is 24.3 Å². The molecule has 5 nitrogen and oxygen atoms in total. The number of hydrogen-bond donors (Lipinski definition) is 2. The van der Waals surface area contributed by atoms with E-state index in [0.717, 1.165) is 11.3 Å². The summed E-state index contributed by atoms with van der Waals surface area (Å²) in [5, 5.41) is 4.98. The number of nitrogens with one attached hydrogen (secondary N) is 2. The predicted octanol–water partition coefficient (Wildman–Crippen LogP) is 0.838. The van der Waals surface area contributed by atoms with E-state index < -0.39 is 11.8 Å². The van der Waals surface area contributed by atoms with Gasteiger partial charge in [0.2, 0.25) is 0 Å². The molecule has 0 aliphatic heterocycles. The van der Waals surface area contributed by atoms with Gasteiger partial charge in [0.15, 0.2) is 0 Å². The van der Waals surface area contributed by atoms with Crippen LogP contribution in [-0.2, 0) is 16.1 Å². The molecule has 0 aliphatic carbocycles. The van der Waals surface area contributed by atoms with Crippen LogP contribution in [0.25, 0.3) is 0 Å². The molecule has 2 N–H and O–H groups in total. The van der Waals surface area contributed by atoms with Gasteiger partial charge < -0.3 is 15.4 Å². The number of hydrogen-bond acceptors (Lipinski definition) is 3. The Balaban J connectivity index is 2.43. The highest BCUT2D eigenvalue weighted by atomic mass is 16.5. The molecule has 2 amide bonds. The number of carbonyl (C=O) groups excluding carboxylic acids is 2. The molecule has 98 valence electrons. The van der Waals surface area contributed by atoms with Gasteiger partial charge in [0.1, 0.15) is 5.75 Å². The maximum atomic E-state index is 11.3. The van der Waals surface area contributed by atoms with E-state index in [1.54, 1.807) is 6.92 Å². The highest BCUT2D eigenvalue weighted by Crippen LogP contribution is 2.11. The van der Waals surface area contributed by atoms with Gasteiger partial charge in [0, 0.05) is 13.1 Å². The zero-order chi connectivity index (χ0) is 13.4. The van der Waals surface area contributed by atoms with Gasteiger partial charge in [-0.25, -0.2) is 0 Å². The van der Waals surface area contributed by atoms with Gasteiger partial charge >= 0.3 is 11.8 Å². The Morgan fingerprint density at radius 3 is 2.22 bits per heavy atom. The van der Waals surface area contributed by atoms with Crippen molar-refractivity contribution in [1.82, 2.24) is 10.6 Å². The minimum atomic E-state index is -0.620. The summed E-state index contributed by atoms with van der Waals surface area (Å²) in [6, 6.07) is 7.36. The second kappa shape index (κ2) is 7.32. The largest absolute Gasteiger partial charge is 0.494 e. The third-order valence-electron chi connectivity index (χ3n) is 2.23. The molecule has 1 rings (SSSR count). The van der Waals surface area contributed by atoms with Gasteiger partial charge in [0.05, 0.1) is 6.61 Å². The number of ether oxygens (including phenoxy) is 1. The minimum absolute atomic E-state index is 0.322. The fourth-order valence-electron chi connectivity index (χ4n) is 1.37. The summed E-state index contributed by atoms with van der Waals surface area (Å²) in [5.41, 5.74) is 0.913. The van der Waals surface area contributed by atoms with Crippen LogP contribution in [0.3, 0.4) is 0 Å². The Morgan fingerprint density at radius 1 is 1.06 bits per heavy atom. The highest BCUT2D eigenvalue weighted by Gasteiger charge is 2.10. The van der Waals surface area contributed by atoms with E-state index in [4.69, 9.17) is 4.74 Å². The third-order valence-corrected chi connectivity index (χ3v) is 2.23. The van der Waals surface area contributed by atoms with Crippen molar-refractivity contribution in [3.63, 3.8) is 0 Å². The smallest absolute Gasteiger partial charge is 0.309 e. The lowest BCUT2D eigenvalue weighted by Gasteiger charge is -2.06. The summed E-state index contributed by atoms with van der Waals surface area (Å²) in [4.78, 5) is 22.5. The fourth-order valence-corrected chi connectivity index (χ4v) is 1.37. The van der Waals surface area contributed by atoms with E-state index in [2.05, 4.69) is 10.6 Å². The molecule has 1 aromatic carbocycles. The van der Waals surface area contributed by atoms with Crippen molar-refractivity contribution in [1.29, 1.82) is 0 Å². The Bertz CT molecular complexity index is 401. The topological polar surface area (TPSA) is 67.4 Å². The lowest BCUT2D eigenvalue weighted by molar-refractivity contribution is -0.139. The average molecular weight is 250 g/mol. The third kappa shape index (κ3) is 4.45. The van der Waals surface area contributed by atoms with Gasteiger partial charge in [-0.1, -0.05) is 12.1 Å². The summed E-state index contributed by atoms with van der Waals surface area (Å²) in [6.45, 7) is 5.06. The summed E-state index contributed by atoms with van der Waals surface area (Å²) in [5.74, 6) is -0.439. The maximum Gasteiger partial charge on any atom is 0.309 e. The van der Waals surface area contributed by atoms with Crippen LogP contribution < -0.4 is 15.4 Å². The van der Waals surface area contributed by atoms with Crippen LogP contribution in [0.1, 0.15) is 19.4 Å². The molecular formula is C13H18N2O3. The molecule has 1 aromatic rings. The number of likely N-dealkylation sites (N-methyl/N-ethyl adjacent to an activating group) is 1. The predicted molar refractivity (Wildman–Crippen MR) is 68.1 cm³/mol. The number of rotatable bonds is 5. The SMILES string of the molecule is CCNC(=O)C(=O)NCc1ccc(OCC)cc1. The lowest BCUT2D eigenvalue weighted by atomic mass is 10.2. The van der Waals surface area contributed by atoms with Crippen LogP contribution >= 0.6 is 0 Å². The van der Waals surface area contributed by atoms with E-state index in [9.17, 15) is 9.59 Å². The van der Waals surface area contributed by atoms with Crippen LogP contribution in [0.4, 0.5) is 0 Å². The highest BCUT2D eigenvalue weighted by molar-refractivity contribution is 6.35. The molecule has 0 bridgehead atoms. The molecule has 0 radical (unpaired) electrons. The zero-order valence-electron chi connectivity index (χ0n) is 10.7. The quantitative estimate of drug-likeness (QED) is 0.761. The van der Waals surface area contributed by atoms with Crippen molar-refractivity contribution in [3.05, 3.63) is 29.8 Å². The van der Waals surface area contributed by atoms with Crippen molar-refractivity contribution < 1.29 is 14.3 Å². The summed E-state index contributed by atoms with van der Waals surface area (Å²) >= 11 is 0. The van der Waals surface area contributed by atoms with Crippen LogP contribution in [0.2, 0.25) is 0 Å². The zero-order valence-corrected chi connectivity index (χ0v) is 10.7. The number of carbonyl (C=O) groups is 2. The molecule has 18 heavy (non-hydrogen) atoms. The fraction of sp³-hybridized carbons (Fsp3) is 0.385. The molecule has 0 aliphatic rings. The summed E-state index contributed by atoms with van der Waals surface area (Å²) in [6.07, 6.45) is 0. The molecular weight excluding hydrogens is 232 g/mol. The van der Waals surface area contributed by atoms with Crippen molar-refractivity contribution in [2.24, 2.45) is 0 Å². The molecule has 0 heterocycles. The first-order valence-corrected chi connectivity index (χ1v) is 5.95. The van der Waals surface area contributed by atoms with Gasteiger partial charge in [-0.3, -0.25) is 9.59 Å². The molecule has 0 atom stereocenters.